The fraction of sp³-hybridized carbons (Fsp3) is 0.423. The maximum atomic E-state index is 12.9. The zero-order valence-corrected chi connectivity index (χ0v) is 19.9. The number of hydrogen-bond acceptors (Lipinski definition) is 6. The molecule has 0 saturated carbocycles. The van der Waals surface area contributed by atoms with Crippen molar-refractivity contribution >= 4 is 28.5 Å². The van der Waals surface area contributed by atoms with Crippen molar-refractivity contribution in [1.82, 2.24) is 9.97 Å². The third kappa shape index (κ3) is 4.27. The van der Waals surface area contributed by atoms with E-state index >= 15 is 0 Å². The van der Waals surface area contributed by atoms with E-state index in [4.69, 9.17) is 14.7 Å². The van der Waals surface area contributed by atoms with Crippen LogP contribution in [-0.2, 0) is 4.74 Å². The number of hydrogen-bond donors (Lipinski definition) is 0. The van der Waals surface area contributed by atoms with E-state index in [1.807, 2.05) is 32.9 Å². The summed E-state index contributed by atoms with van der Waals surface area (Å²) < 4.78 is 5.51. The number of carbonyl (C=O) groups excluding carboxylic acids is 1. The number of rotatable bonds is 4. The van der Waals surface area contributed by atoms with Crippen LogP contribution in [0, 0.1) is 27.7 Å². The van der Waals surface area contributed by atoms with E-state index in [1.54, 1.807) is 0 Å². The van der Waals surface area contributed by atoms with Crippen LogP contribution in [-0.4, -0.2) is 48.2 Å². The second-order valence-electron chi connectivity index (χ2n) is 8.97. The highest BCUT2D eigenvalue weighted by atomic mass is 16.5. The summed E-state index contributed by atoms with van der Waals surface area (Å²) in [6, 6.07) is 10.5. The van der Waals surface area contributed by atoms with Crippen LogP contribution >= 0.6 is 0 Å². The van der Waals surface area contributed by atoms with Gasteiger partial charge >= 0.3 is 5.97 Å². The summed E-state index contributed by atoms with van der Waals surface area (Å²) in [5.74, 6) is 0.201. The molecule has 0 radical (unpaired) electrons. The van der Waals surface area contributed by atoms with Crippen molar-refractivity contribution in [3.05, 3.63) is 58.3 Å². The lowest BCUT2D eigenvalue weighted by Gasteiger charge is -2.38. The van der Waals surface area contributed by atoms with Gasteiger partial charge in [-0.05, 0) is 82.0 Å². The molecule has 1 fully saturated rings. The van der Waals surface area contributed by atoms with Crippen LogP contribution in [0.1, 0.15) is 46.6 Å². The Labute approximate surface area is 190 Å². The summed E-state index contributed by atoms with van der Waals surface area (Å²) in [6.45, 7) is 15.4. The lowest BCUT2D eigenvalue weighted by atomic mass is 10.1. The van der Waals surface area contributed by atoms with Gasteiger partial charge in [0.25, 0.3) is 0 Å². The van der Waals surface area contributed by atoms with Crippen molar-refractivity contribution in [1.29, 1.82) is 0 Å². The topological polar surface area (TPSA) is 58.6 Å². The number of ether oxygens (including phenoxy) is 1. The number of nitrogens with zero attached hydrogens (tertiary/aromatic N) is 4. The van der Waals surface area contributed by atoms with Crippen molar-refractivity contribution in [3.8, 4) is 0 Å². The van der Waals surface area contributed by atoms with E-state index in [9.17, 15) is 4.79 Å². The molecule has 0 spiro atoms. The van der Waals surface area contributed by atoms with E-state index < -0.39 is 5.97 Å². The number of aromatic nitrogens is 2. The van der Waals surface area contributed by atoms with Gasteiger partial charge in [0.05, 0.1) is 17.1 Å². The van der Waals surface area contributed by atoms with E-state index in [-0.39, 0.29) is 6.10 Å². The van der Waals surface area contributed by atoms with Crippen molar-refractivity contribution < 1.29 is 9.53 Å². The molecule has 6 heteroatoms. The second-order valence-corrected chi connectivity index (χ2v) is 8.97. The fourth-order valence-electron chi connectivity index (χ4n) is 4.17. The van der Waals surface area contributed by atoms with Gasteiger partial charge in [-0.1, -0.05) is 12.1 Å². The Kier molecular flexibility index (Phi) is 6.04. The molecule has 32 heavy (non-hydrogen) atoms. The quantitative estimate of drug-likeness (QED) is 0.554. The van der Waals surface area contributed by atoms with Crippen LogP contribution in [0.4, 0.5) is 11.5 Å². The molecular weight excluding hydrogens is 400 g/mol. The standard InChI is InChI=1S/C26H32N4O2/c1-16(2)32-26(31)24-25(28-22-15-19(5)18(4)14-21(22)27-24)30-12-10-29(11-13-30)23-9-7-8-17(3)20(23)6/h7-9,14-16H,10-13H2,1-6H3. The van der Waals surface area contributed by atoms with Crippen LogP contribution in [0.25, 0.3) is 11.0 Å². The summed E-state index contributed by atoms with van der Waals surface area (Å²) in [6.07, 6.45) is -0.214. The van der Waals surface area contributed by atoms with Gasteiger partial charge < -0.3 is 14.5 Å². The normalized spacial score (nSPS) is 14.3. The van der Waals surface area contributed by atoms with E-state index in [0.717, 1.165) is 48.3 Å². The van der Waals surface area contributed by atoms with Crippen molar-refractivity contribution in [2.75, 3.05) is 36.0 Å². The Balaban J connectivity index is 1.67. The zero-order valence-electron chi connectivity index (χ0n) is 19.9. The summed E-state index contributed by atoms with van der Waals surface area (Å²) in [5, 5.41) is 0. The van der Waals surface area contributed by atoms with Gasteiger partial charge in [0.15, 0.2) is 11.5 Å². The van der Waals surface area contributed by atoms with Gasteiger partial charge in [0, 0.05) is 31.9 Å². The SMILES string of the molecule is Cc1cc2nc(C(=O)OC(C)C)c(N3CCN(c4cccc(C)c4C)CC3)nc2cc1C. The largest absolute Gasteiger partial charge is 0.458 e. The predicted octanol–water partition coefficient (Wildman–Crippen LogP) is 4.76. The predicted molar refractivity (Wildman–Crippen MR) is 130 cm³/mol. The van der Waals surface area contributed by atoms with Gasteiger partial charge in [-0.2, -0.15) is 0 Å². The smallest absolute Gasteiger partial charge is 0.361 e. The second kappa shape index (κ2) is 8.77. The molecule has 1 aromatic heterocycles. The maximum absolute atomic E-state index is 12.9. The molecule has 6 nitrogen and oxygen atoms in total. The summed E-state index contributed by atoms with van der Waals surface area (Å²) >= 11 is 0. The van der Waals surface area contributed by atoms with Gasteiger partial charge in [-0.3, -0.25) is 0 Å². The van der Waals surface area contributed by atoms with Gasteiger partial charge in [0.2, 0.25) is 0 Å². The molecule has 1 aliphatic rings. The summed E-state index contributed by atoms with van der Waals surface area (Å²) in [7, 11) is 0. The molecule has 0 aliphatic carbocycles. The summed E-state index contributed by atoms with van der Waals surface area (Å²) in [5.41, 5.74) is 8.02. The molecule has 2 aromatic carbocycles. The molecule has 0 amide bonds. The Hall–Kier alpha value is -3.15. The molecule has 2 heterocycles. The zero-order chi connectivity index (χ0) is 23.0. The average Bonchev–Trinajstić information content (AvgIpc) is 2.75. The first-order chi connectivity index (χ1) is 15.2. The van der Waals surface area contributed by atoms with Crippen molar-refractivity contribution in [2.24, 2.45) is 0 Å². The Bertz CT molecular complexity index is 1160. The average molecular weight is 433 g/mol. The maximum Gasteiger partial charge on any atom is 0.361 e. The molecule has 168 valence electrons. The van der Waals surface area contributed by atoms with Crippen molar-refractivity contribution in [2.45, 2.75) is 47.6 Å². The minimum atomic E-state index is -0.417. The summed E-state index contributed by atoms with van der Waals surface area (Å²) in [4.78, 5) is 27.1. The third-order valence-electron chi connectivity index (χ3n) is 6.29. The highest BCUT2D eigenvalue weighted by Crippen LogP contribution is 2.28. The van der Waals surface area contributed by atoms with Gasteiger partial charge in [-0.15, -0.1) is 0 Å². The lowest BCUT2D eigenvalue weighted by molar-refractivity contribution is 0.0371. The number of carbonyl (C=O) groups is 1. The third-order valence-corrected chi connectivity index (χ3v) is 6.29. The van der Waals surface area contributed by atoms with E-state index in [1.165, 1.54) is 16.8 Å². The first kappa shape index (κ1) is 22.1. The van der Waals surface area contributed by atoms with Crippen LogP contribution < -0.4 is 9.80 Å². The minimum absolute atomic E-state index is 0.214. The first-order valence-corrected chi connectivity index (χ1v) is 11.3. The molecule has 0 atom stereocenters. The highest BCUT2D eigenvalue weighted by Gasteiger charge is 2.27. The highest BCUT2D eigenvalue weighted by molar-refractivity contribution is 5.95. The number of anilines is 2. The molecular formula is C26H32N4O2. The van der Waals surface area contributed by atoms with Gasteiger partial charge in [0.1, 0.15) is 0 Å². The fourth-order valence-corrected chi connectivity index (χ4v) is 4.17. The first-order valence-electron chi connectivity index (χ1n) is 11.3. The Morgan fingerprint density at radius 3 is 2.09 bits per heavy atom. The molecule has 4 rings (SSSR count). The molecule has 3 aromatic rings. The monoisotopic (exact) mass is 432 g/mol. The number of aryl methyl sites for hydroxylation is 3. The van der Waals surface area contributed by atoms with Crippen LogP contribution in [0.3, 0.4) is 0 Å². The molecule has 0 bridgehead atoms. The molecule has 0 unspecified atom stereocenters. The number of benzene rings is 2. The van der Waals surface area contributed by atoms with E-state index in [2.05, 4.69) is 48.8 Å². The van der Waals surface area contributed by atoms with E-state index in [0.29, 0.717) is 11.5 Å². The molecule has 0 N–H and O–H groups in total. The number of piperazine rings is 1. The number of fused-ring (bicyclic) bond motifs is 1. The molecule has 1 saturated heterocycles. The minimum Gasteiger partial charge on any atom is -0.458 e. The van der Waals surface area contributed by atoms with Crippen molar-refractivity contribution in [3.63, 3.8) is 0 Å². The van der Waals surface area contributed by atoms with Crippen LogP contribution in [0.15, 0.2) is 30.3 Å². The molecule has 1 aliphatic heterocycles. The Morgan fingerprint density at radius 1 is 0.875 bits per heavy atom. The Morgan fingerprint density at radius 2 is 1.47 bits per heavy atom. The van der Waals surface area contributed by atoms with Crippen LogP contribution in [0.2, 0.25) is 0 Å². The van der Waals surface area contributed by atoms with Gasteiger partial charge in [-0.25, -0.2) is 14.8 Å². The number of esters is 1. The van der Waals surface area contributed by atoms with Crippen LogP contribution in [0.5, 0.6) is 0 Å². The lowest BCUT2D eigenvalue weighted by Crippen LogP contribution is -2.47.